The topological polar surface area (TPSA) is 18.5 Å². The van der Waals surface area contributed by atoms with Crippen molar-refractivity contribution < 1.29 is 0 Å². The first-order valence-electron chi connectivity index (χ1n) is 6.78. The van der Waals surface area contributed by atoms with Crippen molar-refractivity contribution >= 4 is 21.6 Å². The summed E-state index contributed by atoms with van der Waals surface area (Å²) in [6.07, 6.45) is 1.27. The second-order valence-corrected chi connectivity index (χ2v) is 6.08. The normalized spacial score (nSPS) is 22.6. The average Bonchev–Trinajstić information content (AvgIpc) is 2.53. The molecule has 3 rings (SSSR count). The van der Waals surface area contributed by atoms with Gasteiger partial charge in [0.1, 0.15) is 0 Å². The summed E-state index contributed by atoms with van der Waals surface area (Å²) in [5.74, 6) is 0. The lowest BCUT2D eigenvalue weighted by Crippen LogP contribution is -2.57. The Labute approximate surface area is 117 Å². The number of hydrogen-bond acceptors (Lipinski definition) is 3. The van der Waals surface area contributed by atoms with Crippen molar-refractivity contribution in [3.8, 4) is 0 Å². The molecule has 18 heavy (non-hydrogen) atoms. The van der Waals surface area contributed by atoms with Gasteiger partial charge in [-0.3, -0.25) is 4.90 Å². The summed E-state index contributed by atoms with van der Waals surface area (Å²) in [6.45, 7) is 7.11. The predicted octanol–water partition coefficient (Wildman–Crippen LogP) is 1.93. The molecule has 1 N–H and O–H groups in total. The van der Waals surface area contributed by atoms with Crippen LogP contribution in [0.5, 0.6) is 0 Å². The maximum Gasteiger partial charge on any atom is 0.0377 e. The SMILES string of the molecule is Brc1cccc(N2CCCN(C3CNC3)CC2)c1. The van der Waals surface area contributed by atoms with E-state index >= 15 is 0 Å². The molecule has 3 nitrogen and oxygen atoms in total. The maximum absolute atomic E-state index is 3.56. The van der Waals surface area contributed by atoms with Crippen LogP contribution in [0.1, 0.15) is 6.42 Å². The second-order valence-electron chi connectivity index (χ2n) is 5.17. The fraction of sp³-hybridized carbons (Fsp3) is 0.571. The van der Waals surface area contributed by atoms with Crippen LogP contribution in [0.25, 0.3) is 0 Å². The van der Waals surface area contributed by atoms with Crippen LogP contribution in [0.4, 0.5) is 5.69 Å². The first-order valence-corrected chi connectivity index (χ1v) is 7.57. The van der Waals surface area contributed by atoms with E-state index in [2.05, 4.69) is 55.3 Å². The lowest BCUT2D eigenvalue weighted by atomic mass is 10.1. The van der Waals surface area contributed by atoms with Gasteiger partial charge in [-0.05, 0) is 24.6 Å². The van der Waals surface area contributed by atoms with E-state index in [9.17, 15) is 0 Å². The van der Waals surface area contributed by atoms with Crippen LogP contribution in [0, 0.1) is 0 Å². The quantitative estimate of drug-likeness (QED) is 0.900. The first kappa shape index (κ1) is 12.5. The molecular weight excluding hydrogens is 290 g/mol. The van der Waals surface area contributed by atoms with Crippen molar-refractivity contribution in [2.75, 3.05) is 44.2 Å². The van der Waals surface area contributed by atoms with Crippen molar-refractivity contribution in [3.63, 3.8) is 0 Å². The molecule has 0 aliphatic carbocycles. The Balaban J connectivity index is 1.64. The number of halogens is 1. The molecule has 0 amide bonds. The highest BCUT2D eigenvalue weighted by Gasteiger charge is 2.26. The standard InChI is InChI=1S/C14H20BrN3/c15-12-3-1-4-13(9-12)17-5-2-6-18(8-7-17)14-10-16-11-14/h1,3-4,9,14,16H,2,5-8,10-11H2. The molecular formula is C14H20BrN3. The molecule has 2 fully saturated rings. The Kier molecular flexibility index (Phi) is 3.87. The smallest absolute Gasteiger partial charge is 0.0377 e. The molecule has 0 radical (unpaired) electrons. The Hall–Kier alpha value is -0.580. The van der Waals surface area contributed by atoms with E-state index in [1.165, 1.54) is 49.3 Å². The maximum atomic E-state index is 3.56. The Morgan fingerprint density at radius 3 is 2.72 bits per heavy atom. The second kappa shape index (κ2) is 5.59. The molecule has 4 heteroatoms. The van der Waals surface area contributed by atoms with Crippen LogP contribution in [0.2, 0.25) is 0 Å². The Morgan fingerprint density at radius 2 is 2.00 bits per heavy atom. The molecule has 2 aliphatic heterocycles. The van der Waals surface area contributed by atoms with Crippen molar-refractivity contribution in [1.82, 2.24) is 10.2 Å². The van der Waals surface area contributed by atoms with Gasteiger partial charge < -0.3 is 10.2 Å². The first-order chi connectivity index (χ1) is 8.83. The van der Waals surface area contributed by atoms with E-state index in [0.29, 0.717) is 0 Å². The van der Waals surface area contributed by atoms with Gasteiger partial charge >= 0.3 is 0 Å². The highest BCUT2D eigenvalue weighted by Crippen LogP contribution is 2.21. The van der Waals surface area contributed by atoms with Gasteiger partial charge in [0.25, 0.3) is 0 Å². The van der Waals surface area contributed by atoms with E-state index in [1.807, 2.05) is 0 Å². The lowest BCUT2D eigenvalue weighted by molar-refractivity contribution is 0.155. The number of nitrogens with zero attached hydrogens (tertiary/aromatic N) is 2. The van der Waals surface area contributed by atoms with Crippen LogP contribution in [-0.2, 0) is 0 Å². The molecule has 98 valence electrons. The zero-order valence-electron chi connectivity index (χ0n) is 10.6. The minimum Gasteiger partial charge on any atom is -0.370 e. The zero-order valence-corrected chi connectivity index (χ0v) is 12.2. The summed E-state index contributed by atoms with van der Waals surface area (Å²) >= 11 is 3.56. The lowest BCUT2D eigenvalue weighted by Gasteiger charge is -2.37. The van der Waals surface area contributed by atoms with Crippen molar-refractivity contribution in [2.24, 2.45) is 0 Å². The van der Waals surface area contributed by atoms with Gasteiger partial charge in [0.05, 0.1) is 0 Å². The summed E-state index contributed by atoms with van der Waals surface area (Å²) < 4.78 is 1.17. The predicted molar refractivity (Wildman–Crippen MR) is 79.2 cm³/mol. The molecule has 2 saturated heterocycles. The van der Waals surface area contributed by atoms with Crippen molar-refractivity contribution in [3.05, 3.63) is 28.7 Å². The van der Waals surface area contributed by atoms with Gasteiger partial charge in [-0.15, -0.1) is 0 Å². The van der Waals surface area contributed by atoms with Crippen LogP contribution in [0.15, 0.2) is 28.7 Å². The molecule has 0 spiro atoms. The molecule has 0 saturated carbocycles. The van der Waals surface area contributed by atoms with E-state index in [1.54, 1.807) is 0 Å². The fourth-order valence-corrected chi connectivity index (χ4v) is 3.15. The van der Waals surface area contributed by atoms with Gasteiger partial charge in [0.15, 0.2) is 0 Å². The molecule has 1 aromatic rings. The number of benzene rings is 1. The van der Waals surface area contributed by atoms with Gasteiger partial charge in [-0.2, -0.15) is 0 Å². The molecule has 1 aromatic carbocycles. The van der Waals surface area contributed by atoms with Crippen molar-refractivity contribution in [1.29, 1.82) is 0 Å². The largest absolute Gasteiger partial charge is 0.370 e. The van der Waals surface area contributed by atoms with Gasteiger partial charge in [0, 0.05) is 55.5 Å². The van der Waals surface area contributed by atoms with E-state index in [-0.39, 0.29) is 0 Å². The molecule has 0 atom stereocenters. The Bertz CT molecular complexity index is 406. The van der Waals surface area contributed by atoms with Crippen LogP contribution in [0.3, 0.4) is 0 Å². The minimum absolute atomic E-state index is 0.785. The average molecular weight is 310 g/mol. The number of nitrogens with one attached hydrogen (secondary N) is 1. The van der Waals surface area contributed by atoms with Gasteiger partial charge in [-0.25, -0.2) is 0 Å². The number of rotatable bonds is 2. The molecule has 0 bridgehead atoms. The summed E-state index contributed by atoms with van der Waals surface area (Å²) in [4.78, 5) is 5.16. The zero-order chi connectivity index (χ0) is 12.4. The highest BCUT2D eigenvalue weighted by molar-refractivity contribution is 9.10. The van der Waals surface area contributed by atoms with Crippen LogP contribution < -0.4 is 10.2 Å². The summed E-state index contributed by atoms with van der Waals surface area (Å²) in [5, 5.41) is 3.37. The van der Waals surface area contributed by atoms with E-state index in [0.717, 1.165) is 12.6 Å². The third-order valence-corrected chi connectivity index (χ3v) is 4.47. The summed E-state index contributed by atoms with van der Waals surface area (Å²) in [7, 11) is 0. The monoisotopic (exact) mass is 309 g/mol. The molecule has 0 aromatic heterocycles. The Morgan fingerprint density at radius 1 is 1.11 bits per heavy atom. The summed E-state index contributed by atoms with van der Waals surface area (Å²) in [6, 6.07) is 9.43. The molecule has 0 unspecified atom stereocenters. The van der Waals surface area contributed by atoms with Crippen LogP contribution >= 0.6 is 15.9 Å². The number of hydrogen-bond donors (Lipinski definition) is 1. The summed E-state index contributed by atoms with van der Waals surface area (Å²) in [5.41, 5.74) is 1.35. The fourth-order valence-electron chi connectivity index (χ4n) is 2.77. The van der Waals surface area contributed by atoms with Crippen LogP contribution in [-0.4, -0.2) is 50.2 Å². The third kappa shape index (κ3) is 2.71. The molecule has 2 heterocycles. The highest BCUT2D eigenvalue weighted by atomic mass is 79.9. The van der Waals surface area contributed by atoms with Gasteiger partial charge in [-0.1, -0.05) is 22.0 Å². The van der Waals surface area contributed by atoms with E-state index in [4.69, 9.17) is 0 Å². The third-order valence-electron chi connectivity index (χ3n) is 3.98. The molecule has 2 aliphatic rings. The number of anilines is 1. The van der Waals surface area contributed by atoms with Gasteiger partial charge in [0.2, 0.25) is 0 Å². The van der Waals surface area contributed by atoms with E-state index < -0.39 is 0 Å². The minimum atomic E-state index is 0.785. The van der Waals surface area contributed by atoms with Crippen molar-refractivity contribution in [2.45, 2.75) is 12.5 Å².